The zero-order valence-corrected chi connectivity index (χ0v) is 13.5. The van der Waals surface area contributed by atoms with Gasteiger partial charge in [-0.2, -0.15) is 0 Å². The van der Waals surface area contributed by atoms with Crippen LogP contribution in [-0.2, 0) is 6.54 Å². The zero-order chi connectivity index (χ0) is 15.6. The SMILES string of the molecule is O=[N+]([O-])c1ccc(F)cc1CNc1ccc(Br)c(Cl)c1Cl. The topological polar surface area (TPSA) is 55.2 Å². The van der Waals surface area contributed by atoms with Gasteiger partial charge < -0.3 is 5.32 Å². The van der Waals surface area contributed by atoms with E-state index in [1.807, 2.05) is 0 Å². The predicted octanol–water partition coefficient (Wildman–Crippen LogP) is 5.42. The minimum absolute atomic E-state index is 0.0474. The van der Waals surface area contributed by atoms with Gasteiger partial charge in [0.2, 0.25) is 0 Å². The average molecular weight is 394 g/mol. The smallest absolute Gasteiger partial charge is 0.274 e. The van der Waals surface area contributed by atoms with Crippen LogP contribution in [0, 0.1) is 15.9 Å². The van der Waals surface area contributed by atoms with Crippen LogP contribution < -0.4 is 5.32 Å². The van der Waals surface area contributed by atoms with Crippen molar-refractivity contribution in [3.05, 3.63) is 66.3 Å². The van der Waals surface area contributed by atoms with Crippen LogP contribution in [0.4, 0.5) is 15.8 Å². The third kappa shape index (κ3) is 3.64. The molecule has 0 bridgehead atoms. The molecule has 0 spiro atoms. The molecule has 4 nitrogen and oxygen atoms in total. The van der Waals surface area contributed by atoms with Crippen LogP contribution in [0.3, 0.4) is 0 Å². The van der Waals surface area contributed by atoms with Gasteiger partial charge in [0.15, 0.2) is 0 Å². The number of halogens is 4. The normalized spacial score (nSPS) is 10.5. The molecule has 0 radical (unpaired) electrons. The molecule has 0 aliphatic rings. The standard InChI is InChI=1S/C13H8BrCl2FN2O2/c14-9-2-3-10(13(16)12(9)15)18-6-7-5-8(17)1-4-11(7)19(20)21/h1-5,18H,6H2. The van der Waals surface area contributed by atoms with Gasteiger partial charge in [-0.15, -0.1) is 0 Å². The number of hydrogen-bond acceptors (Lipinski definition) is 3. The molecule has 2 rings (SSSR count). The lowest BCUT2D eigenvalue weighted by Gasteiger charge is -2.10. The second-order valence-electron chi connectivity index (χ2n) is 4.11. The van der Waals surface area contributed by atoms with E-state index in [1.54, 1.807) is 12.1 Å². The average Bonchev–Trinajstić information content (AvgIpc) is 2.44. The summed E-state index contributed by atoms with van der Waals surface area (Å²) in [5.74, 6) is -0.544. The van der Waals surface area contributed by atoms with E-state index < -0.39 is 10.7 Å². The van der Waals surface area contributed by atoms with Gasteiger partial charge in [0.25, 0.3) is 5.69 Å². The molecule has 110 valence electrons. The van der Waals surface area contributed by atoms with Gasteiger partial charge >= 0.3 is 0 Å². The number of anilines is 1. The van der Waals surface area contributed by atoms with E-state index in [2.05, 4.69) is 21.2 Å². The highest BCUT2D eigenvalue weighted by Gasteiger charge is 2.15. The van der Waals surface area contributed by atoms with E-state index in [0.717, 1.165) is 18.2 Å². The predicted molar refractivity (Wildman–Crippen MR) is 84.5 cm³/mol. The third-order valence-electron chi connectivity index (χ3n) is 2.74. The summed E-state index contributed by atoms with van der Waals surface area (Å²) < 4.78 is 13.9. The minimum atomic E-state index is -0.563. The third-order valence-corrected chi connectivity index (χ3v) is 4.51. The van der Waals surface area contributed by atoms with Crippen LogP contribution in [0.1, 0.15) is 5.56 Å². The van der Waals surface area contributed by atoms with Crippen molar-refractivity contribution in [3.63, 3.8) is 0 Å². The lowest BCUT2D eigenvalue weighted by atomic mass is 10.1. The zero-order valence-electron chi connectivity index (χ0n) is 10.4. The molecule has 0 saturated heterocycles. The van der Waals surface area contributed by atoms with Crippen molar-refractivity contribution in [2.45, 2.75) is 6.54 Å². The molecule has 0 heterocycles. The van der Waals surface area contributed by atoms with E-state index in [-0.39, 0.29) is 22.8 Å². The number of hydrogen-bond donors (Lipinski definition) is 1. The summed E-state index contributed by atoms with van der Waals surface area (Å²) in [4.78, 5) is 10.3. The van der Waals surface area contributed by atoms with E-state index in [1.165, 1.54) is 0 Å². The summed E-state index contributed by atoms with van der Waals surface area (Å²) >= 11 is 15.3. The van der Waals surface area contributed by atoms with Gasteiger partial charge in [0, 0.05) is 17.1 Å². The number of nitrogens with one attached hydrogen (secondary N) is 1. The van der Waals surface area contributed by atoms with Gasteiger partial charge in [-0.3, -0.25) is 10.1 Å². The van der Waals surface area contributed by atoms with Crippen molar-refractivity contribution in [1.29, 1.82) is 0 Å². The van der Waals surface area contributed by atoms with Gasteiger partial charge in [0.1, 0.15) is 5.82 Å². The van der Waals surface area contributed by atoms with Gasteiger partial charge in [-0.25, -0.2) is 4.39 Å². The Labute approximate surface area is 138 Å². The lowest BCUT2D eigenvalue weighted by Crippen LogP contribution is -2.04. The summed E-state index contributed by atoms with van der Waals surface area (Å²) in [6.07, 6.45) is 0. The molecule has 0 aliphatic carbocycles. The Bertz CT molecular complexity index is 713. The fourth-order valence-electron chi connectivity index (χ4n) is 1.73. The lowest BCUT2D eigenvalue weighted by molar-refractivity contribution is -0.385. The van der Waals surface area contributed by atoms with Crippen LogP contribution in [0.25, 0.3) is 0 Å². The molecule has 0 fully saturated rings. The molecule has 2 aromatic rings. The molecule has 1 N–H and O–H groups in total. The van der Waals surface area contributed by atoms with Crippen LogP contribution in [0.5, 0.6) is 0 Å². The first-order valence-electron chi connectivity index (χ1n) is 5.70. The largest absolute Gasteiger partial charge is 0.379 e. The molecule has 0 saturated carbocycles. The quantitative estimate of drug-likeness (QED) is 0.429. The van der Waals surface area contributed by atoms with Crippen molar-refractivity contribution in [2.24, 2.45) is 0 Å². The molecule has 2 aromatic carbocycles. The Morgan fingerprint density at radius 2 is 1.95 bits per heavy atom. The maximum Gasteiger partial charge on any atom is 0.274 e. The van der Waals surface area contributed by atoms with E-state index in [0.29, 0.717) is 15.2 Å². The molecule has 0 amide bonds. The summed E-state index contributed by atoms with van der Waals surface area (Å²) in [5.41, 5.74) is 0.557. The Morgan fingerprint density at radius 3 is 2.62 bits per heavy atom. The molecule has 21 heavy (non-hydrogen) atoms. The molecule has 0 unspecified atom stereocenters. The van der Waals surface area contributed by atoms with Gasteiger partial charge in [0.05, 0.1) is 26.2 Å². The summed E-state index contributed by atoms with van der Waals surface area (Å²) in [6, 6.07) is 6.65. The first-order valence-corrected chi connectivity index (χ1v) is 7.25. The van der Waals surface area contributed by atoms with Crippen molar-refractivity contribution < 1.29 is 9.31 Å². The Morgan fingerprint density at radius 1 is 1.24 bits per heavy atom. The minimum Gasteiger partial charge on any atom is -0.379 e. The maximum absolute atomic E-state index is 13.2. The van der Waals surface area contributed by atoms with E-state index >= 15 is 0 Å². The Balaban J connectivity index is 2.26. The summed E-state index contributed by atoms with van der Waals surface area (Å²) in [6.45, 7) is 0.0474. The van der Waals surface area contributed by atoms with Crippen LogP contribution in [0.15, 0.2) is 34.8 Å². The molecular weight excluding hydrogens is 386 g/mol. The summed E-state index contributed by atoms with van der Waals surface area (Å²) in [5, 5.41) is 14.4. The highest BCUT2D eigenvalue weighted by Crippen LogP contribution is 2.36. The van der Waals surface area contributed by atoms with Crippen molar-refractivity contribution in [1.82, 2.24) is 0 Å². The number of rotatable bonds is 4. The molecule has 0 atom stereocenters. The summed E-state index contributed by atoms with van der Waals surface area (Å²) in [7, 11) is 0. The van der Waals surface area contributed by atoms with Crippen molar-refractivity contribution in [3.8, 4) is 0 Å². The molecule has 8 heteroatoms. The maximum atomic E-state index is 13.2. The van der Waals surface area contributed by atoms with Crippen molar-refractivity contribution in [2.75, 3.05) is 5.32 Å². The fourth-order valence-corrected chi connectivity index (χ4v) is 2.57. The highest BCUT2D eigenvalue weighted by atomic mass is 79.9. The molecular formula is C13H8BrCl2FN2O2. The second-order valence-corrected chi connectivity index (χ2v) is 5.72. The van der Waals surface area contributed by atoms with Crippen LogP contribution >= 0.6 is 39.1 Å². The number of benzene rings is 2. The van der Waals surface area contributed by atoms with E-state index in [4.69, 9.17) is 23.2 Å². The fraction of sp³-hybridized carbons (Fsp3) is 0.0769. The van der Waals surface area contributed by atoms with Gasteiger partial charge in [-0.1, -0.05) is 23.2 Å². The molecule has 0 aromatic heterocycles. The number of nitrogens with zero attached hydrogens (tertiary/aromatic N) is 1. The van der Waals surface area contributed by atoms with Crippen molar-refractivity contribution >= 4 is 50.5 Å². The Hall–Kier alpha value is -1.37. The van der Waals surface area contributed by atoms with Gasteiger partial charge in [-0.05, 0) is 40.2 Å². The molecule has 0 aliphatic heterocycles. The highest BCUT2D eigenvalue weighted by molar-refractivity contribution is 9.10. The second kappa shape index (κ2) is 6.60. The Kier molecular flexibility index (Phi) is 5.03. The van der Waals surface area contributed by atoms with Crippen LogP contribution in [0.2, 0.25) is 10.0 Å². The monoisotopic (exact) mass is 392 g/mol. The number of nitro groups is 1. The van der Waals surface area contributed by atoms with E-state index in [9.17, 15) is 14.5 Å². The first kappa shape index (κ1) is 16.0. The first-order chi connectivity index (χ1) is 9.90. The number of nitro benzene ring substituents is 1. The van der Waals surface area contributed by atoms with Crippen LogP contribution in [-0.4, -0.2) is 4.92 Å².